The average Bonchev–Trinajstić information content (AvgIpc) is 3.19. The summed E-state index contributed by atoms with van der Waals surface area (Å²) in [6.07, 6.45) is 2.41. The van der Waals surface area contributed by atoms with Crippen LogP contribution in [0, 0.1) is 13.8 Å². The van der Waals surface area contributed by atoms with Gasteiger partial charge in [0.25, 0.3) is 0 Å². The normalized spacial score (nSPS) is 14.6. The van der Waals surface area contributed by atoms with Crippen LogP contribution >= 0.6 is 23.3 Å². The predicted molar refractivity (Wildman–Crippen MR) is 81.7 cm³/mol. The molecule has 0 spiro atoms. The molecule has 0 unspecified atom stereocenters. The molecule has 1 N–H and O–H groups in total. The Morgan fingerprint density at radius 1 is 1.25 bits per heavy atom. The van der Waals surface area contributed by atoms with Gasteiger partial charge in [0.05, 0.1) is 0 Å². The molecule has 3 rings (SSSR count). The molecule has 0 radical (unpaired) electrons. The molecule has 106 valence electrons. The molecule has 0 aliphatic heterocycles. The molecule has 1 fully saturated rings. The van der Waals surface area contributed by atoms with Crippen LogP contribution in [0.25, 0.3) is 0 Å². The lowest BCUT2D eigenvalue weighted by Gasteiger charge is -2.11. The summed E-state index contributed by atoms with van der Waals surface area (Å²) in [4.78, 5) is 13.8. The smallest absolute Gasteiger partial charge is 0.176 e. The topological polar surface area (TPSA) is 63.6 Å². The predicted octanol–water partition coefficient (Wildman–Crippen LogP) is 3.41. The molecule has 0 bridgehead atoms. The summed E-state index contributed by atoms with van der Waals surface area (Å²) in [6, 6.07) is 0. The van der Waals surface area contributed by atoms with Crippen LogP contribution in [-0.4, -0.2) is 25.9 Å². The summed E-state index contributed by atoms with van der Waals surface area (Å²) in [5.74, 6) is 3.28. The zero-order valence-corrected chi connectivity index (χ0v) is 13.4. The summed E-state index contributed by atoms with van der Waals surface area (Å²) in [7, 11) is 0. The number of nitrogens with zero attached hydrogens (tertiary/aromatic N) is 4. The van der Waals surface area contributed by atoms with Crippen LogP contribution in [0.4, 0.5) is 5.82 Å². The van der Waals surface area contributed by atoms with Crippen LogP contribution < -0.4 is 5.32 Å². The molecule has 7 heteroatoms. The Morgan fingerprint density at radius 2 is 2.05 bits per heavy atom. The van der Waals surface area contributed by atoms with Crippen molar-refractivity contribution in [1.82, 2.24) is 19.3 Å². The largest absolute Gasteiger partial charge is 0.370 e. The lowest BCUT2D eigenvalue weighted by molar-refractivity contribution is 0.860. The number of rotatable bonds is 5. The first-order chi connectivity index (χ1) is 9.67. The molecule has 0 saturated heterocycles. The van der Waals surface area contributed by atoms with E-state index in [4.69, 9.17) is 4.98 Å². The second-order valence-electron chi connectivity index (χ2n) is 4.87. The minimum absolute atomic E-state index is 0.545. The standard InChI is InChI=1S/C13H17N5S2/c1-4-14-10-7(2)12(17-11(16-10)9-5-6-9)19-13-15-8(3)18-20-13/h9H,4-6H2,1-3H3,(H,14,16,17). The van der Waals surface area contributed by atoms with Gasteiger partial charge in [0.1, 0.15) is 22.5 Å². The van der Waals surface area contributed by atoms with Crippen molar-refractivity contribution in [1.29, 1.82) is 0 Å². The van der Waals surface area contributed by atoms with Crippen LogP contribution in [-0.2, 0) is 0 Å². The maximum absolute atomic E-state index is 4.73. The van der Waals surface area contributed by atoms with Gasteiger partial charge in [-0.25, -0.2) is 15.0 Å². The van der Waals surface area contributed by atoms with E-state index in [0.717, 1.165) is 38.9 Å². The van der Waals surface area contributed by atoms with Gasteiger partial charge in [-0.2, -0.15) is 4.37 Å². The Balaban J connectivity index is 1.94. The minimum Gasteiger partial charge on any atom is -0.370 e. The van der Waals surface area contributed by atoms with Crippen molar-refractivity contribution in [3.8, 4) is 0 Å². The Bertz CT molecular complexity index is 621. The van der Waals surface area contributed by atoms with E-state index in [0.29, 0.717) is 5.92 Å². The highest BCUT2D eigenvalue weighted by Crippen LogP contribution is 2.41. The molecule has 2 aromatic rings. The molecule has 20 heavy (non-hydrogen) atoms. The van der Waals surface area contributed by atoms with Crippen molar-refractivity contribution in [2.75, 3.05) is 11.9 Å². The van der Waals surface area contributed by atoms with E-state index in [2.05, 4.69) is 33.5 Å². The van der Waals surface area contributed by atoms with E-state index in [1.807, 2.05) is 6.92 Å². The quantitative estimate of drug-likeness (QED) is 0.854. The molecule has 5 nitrogen and oxygen atoms in total. The van der Waals surface area contributed by atoms with Crippen molar-refractivity contribution in [3.05, 3.63) is 17.2 Å². The van der Waals surface area contributed by atoms with Gasteiger partial charge in [0, 0.05) is 18.0 Å². The van der Waals surface area contributed by atoms with Crippen molar-refractivity contribution in [2.24, 2.45) is 0 Å². The Labute approximate surface area is 126 Å². The van der Waals surface area contributed by atoms with Gasteiger partial charge < -0.3 is 5.32 Å². The van der Waals surface area contributed by atoms with E-state index in [1.165, 1.54) is 24.4 Å². The lowest BCUT2D eigenvalue weighted by Crippen LogP contribution is -2.07. The fourth-order valence-electron chi connectivity index (χ4n) is 1.88. The van der Waals surface area contributed by atoms with Crippen LogP contribution in [0.3, 0.4) is 0 Å². The third-order valence-corrected chi connectivity index (χ3v) is 5.03. The van der Waals surface area contributed by atoms with Gasteiger partial charge in [0.15, 0.2) is 4.34 Å². The molecule has 0 aromatic carbocycles. The highest BCUT2D eigenvalue weighted by molar-refractivity contribution is 8.00. The Hall–Kier alpha value is -1.21. The first kappa shape index (κ1) is 13.8. The van der Waals surface area contributed by atoms with E-state index < -0.39 is 0 Å². The fraction of sp³-hybridized carbons (Fsp3) is 0.538. The average molecular weight is 307 g/mol. The van der Waals surface area contributed by atoms with E-state index >= 15 is 0 Å². The van der Waals surface area contributed by atoms with Crippen molar-refractivity contribution in [3.63, 3.8) is 0 Å². The number of hydrogen-bond acceptors (Lipinski definition) is 7. The molecule has 1 saturated carbocycles. The molecule has 0 amide bonds. The van der Waals surface area contributed by atoms with Gasteiger partial charge >= 0.3 is 0 Å². The number of anilines is 1. The van der Waals surface area contributed by atoms with E-state index in [1.54, 1.807) is 11.8 Å². The van der Waals surface area contributed by atoms with Gasteiger partial charge in [-0.05, 0) is 56.9 Å². The van der Waals surface area contributed by atoms with Crippen LogP contribution in [0.2, 0.25) is 0 Å². The number of hydrogen-bond donors (Lipinski definition) is 1. The molecule has 0 atom stereocenters. The fourth-order valence-corrected chi connectivity index (χ4v) is 3.53. The maximum Gasteiger partial charge on any atom is 0.176 e. The zero-order chi connectivity index (χ0) is 14.1. The second kappa shape index (κ2) is 5.65. The molecular weight excluding hydrogens is 290 g/mol. The highest BCUT2D eigenvalue weighted by Gasteiger charge is 2.28. The summed E-state index contributed by atoms with van der Waals surface area (Å²) in [5, 5.41) is 4.33. The monoisotopic (exact) mass is 307 g/mol. The Kier molecular flexibility index (Phi) is 3.89. The molecule has 2 aromatic heterocycles. The lowest BCUT2D eigenvalue weighted by atomic mass is 10.3. The van der Waals surface area contributed by atoms with Gasteiger partial charge in [-0.3, -0.25) is 0 Å². The van der Waals surface area contributed by atoms with Crippen LogP contribution in [0.5, 0.6) is 0 Å². The van der Waals surface area contributed by atoms with Crippen molar-refractivity contribution >= 4 is 29.1 Å². The second-order valence-corrected chi connectivity index (χ2v) is 6.86. The third kappa shape index (κ3) is 2.93. The Morgan fingerprint density at radius 3 is 2.65 bits per heavy atom. The van der Waals surface area contributed by atoms with Crippen molar-refractivity contribution in [2.45, 2.75) is 48.9 Å². The SMILES string of the molecule is CCNc1nc(C2CC2)nc(Sc2nc(C)ns2)c1C. The van der Waals surface area contributed by atoms with Gasteiger partial charge in [-0.15, -0.1) is 0 Å². The highest BCUT2D eigenvalue weighted by atomic mass is 32.2. The minimum atomic E-state index is 0.545. The summed E-state index contributed by atoms with van der Waals surface area (Å²) in [6.45, 7) is 6.92. The molecule has 1 aliphatic carbocycles. The summed E-state index contributed by atoms with van der Waals surface area (Å²) in [5.41, 5.74) is 1.09. The molecule has 2 heterocycles. The van der Waals surface area contributed by atoms with Gasteiger partial charge in [-0.1, -0.05) is 0 Å². The van der Waals surface area contributed by atoms with E-state index in [-0.39, 0.29) is 0 Å². The molecule has 1 aliphatic rings. The zero-order valence-electron chi connectivity index (χ0n) is 11.8. The van der Waals surface area contributed by atoms with Crippen molar-refractivity contribution < 1.29 is 0 Å². The third-order valence-electron chi connectivity index (χ3n) is 3.10. The number of aromatic nitrogens is 4. The summed E-state index contributed by atoms with van der Waals surface area (Å²) < 4.78 is 5.16. The first-order valence-electron chi connectivity index (χ1n) is 6.78. The number of nitrogens with one attached hydrogen (secondary N) is 1. The maximum atomic E-state index is 4.73. The number of aryl methyl sites for hydroxylation is 1. The van der Waals surface area contributed by atoms with Crippen LogP contribution in [0.15, 0.2) is 9.37 Å². The summed E-state index contributed by atoms with van der Waals surface area (Å²) >= 11 is 3.01. The van der Waals surface area contributed by atoms with E-state index in [9.17, 15) is 0 Å². The van der Waals surface area contributed by atoms with Gasteiger partial charge in [0.2, 0.25) is 0 Å². The first-order valence-corrected chi connectivity index (χ1v) is 8.37. The van der Waals surface area contributed by atoms with Crippen LogP contribution in [0.1, 0.15) is 42.9 Å². The molecular formula is C13H17N5S2.